The van der Waals surface area contributed by atoms with E-state index in [1.165, 1.54) is 107 Å². The molecule has 0 heterocycles. The highest BCUT2D eigenvalue weighted by molar-refractivity contribution is 6.30. The van der Waals surface area contributed by atoms with E-state index in [0.29, 0.717) is 0 Å². The van der Waals surface area contributed by atoms with Gasteiger partial charge in [-0.05, 0) is 143 Å². The van der Waals surface area contributed by atoms with E-state index in [1.54, 1.807) is 24.3 Å². The van der Waals surface area contributed by atoms with Gasteiger partial charge in [-0.3, -0.25) is 10.1 Å². The molecule has 12 aromatic carbocycles. The van der Waals surface area contributed by atoms with Crippen LogP contribution in [0.5, 0.6) is 0 Å². The summed E-state index contributed by atoms with van der Waals surface area (Å²) in [5.41, 5.74) is 17.1. The fourth-order valence-electron chi connectivity index (χ4n) is 8.03. The Balaban J connectivity index is 0.000000211. The molecule has 0 aliphatic rings. The lowest BCUT2D eigenvalue weighted by molar-refractivity contribution is -0.384. The van der Waals surface area contributed by atoms with Crippen LogP contribution in [0.15, 0.2) is 291 Å². The van der Waals surface area contributed by atoms with E-state index in [2.05, 4.69) is 263 Å². The Hall–Kier alpha value is -9.22. The van der Waals surface area contributed by atoms with Crippen LogP contribution in [0.2, 0.25) is 5.02 Å². The molecule has 0 aliphatic heterocycles. The lowest BCUT2D eigenvalue weighted by Gasteiger charge is -2.18. The molecule has 0 fully saturated rings. The van der Waals surface area contributed by atoms with Gasteiger partial charge in [0, 0.05) is 17.2 Å². The van der Waals surface area contributed by atoms with E-state index in [4.69, 9.17) is 11.6 Å². The Morgan fingerprint density at radius 1 is 0.333 bits per heavy atom. The van der Waals surface area contributed by atoms with Gasteiger partial charge in [0.15, 0.2) is 0 Å². The van der Waals surface area contributed by atoms with Gasteiger partial charge >= 0.3 is 0 Å². The first-order valence-corrected chi connectivity index (χ1v) is 29.7. The molecule has 0 N–H and O–H groups in total. The second-order valence-electron chi connectivity index (χ2n) is 22.5. The standard InChI is InChI=1S/C13H12.2C11H10.C11H16.C8H10.C7H7Cl.C7H7F.C7H7NO2.C7H8/c1-11-7-9-13(10-8-11)12-5-3-2-4-6-12;1-9-5-4-7-10-6-2-3-8-11(9)10;1-9-6-7-10-4-2-3-5-11(10)8-9;1-9-5-7-10(8-6-9)11(2,3)4;1-7-3-5-8(2)6-4-7;2*1-6-2-4-7(8)5-3-6;1-6-2-4-7(5-3-6)8(9)10;1-7-5-3-2-4-6-7/h2-10H,1H3;2*2-8H,1H3;5-8H,1-4H3;3-6H,1-2H3;2*2-5H,1H3;2-5H,1H3;2-6H,1H3. The summed E-state index contributed by atoms with van der Waals surface area (Å²) in [5.74, 6) is -0.171. The van der Waals surface area contributed by atoms with Gasteiger partial charge in [-0.2, -0.15) is 0 Å². The maximum absolute atomic E-state index is 12.1. The third-order valence-corrected chi connectivity index (χ3v) is 13.7. The maximum atomic E-state index is 12.1. The predicted molar refractivity (Wildman–Crippen MR) is 376 cm³/mol. The zero-order valence-electron chi connectivity index (χ0n) is 53.2. The van der Waals surface area contributed by atoms with Crippen molar-refractivity contribution in [1.82, 2.24) is 0 Å². The van der Waals surface area contributed by atoms with E-state index < -0.39 is 4.92 Å². The largest absolute Gasteiger partial charge is 0.269 e. The van der Waals surface area contributed by atoms with E-state index in [-0.39, 0.29) is 16.9 Å². The van der Waals surface area contributed by atoms with E-state index >= 15 is 0 Å². The fraction of sp³-hybridized carbons (Fsp3) is 0.171. The van der Waals surface area contributed by atoms with Crippen LogP contribution in [-0.4, -0.2) is 4.92 Å². The van der Waals surface area contributed by atoms with Crippen molar-refractivity contribution in [3.05, 3.63) is 373 Å². The molecule has 0 saturated heterocycles. The van der Waals surface area contributed by atoms with Gasteiger partial charge in [0.05, 0.1) is 4.92 Å². The molecule has 12 rings (SSSR count). The number of nitro benzene ring substituents is 1. The minimum absolute atomic E-state index is 0.144. The van der Waals surface area contributed by atoms with Gasteiger partial charge in [0.2, 0.25) is 0 Å². The smallest absolute Gasteiger partial charge is 0.258 e. The summed E-state index contributed by atoms with van der Waals surface area (Å²) in [6.45, 7) is 27.3. The normalized spacial score (nSPS) is 9.87. The molecule has 5 heteroatoms. The monoisotopic (exact) mass is 1170 g/mol. The van der Waals surface area contributed by atoms with Crippen LogP contribution in [0, 0.1) is 85.2 Å². The number of halogens is 2. The average Bonchev–Trinajstić information content (AvgIpc) is 3.73. The van der Waals surface area contributed by atoms with Gasteiger partial charge < -0.3 is 0 Å². The van der Waals surface area contributed by atoms with Crippen molar-refractivity contribution < 1.29 is 9.31 Å². The van der Waals surface area contributed by atoms with Crippen LogP contribution in [0.3, 0.4) is 0 Å². The quantitative estimate of drug-likeness (QED) is 0.128. The second-order valence-corrected chi connectivity index (χ2v) is 22.9. The molecule has 446 valence electrons. The minimum Gasteiger partial charge on any atom is -0.258 e. The van der Waals surface area contributed by atoms with E-state index in [9.17, 15) is 14.5 Å². The Labute approximate surface area is 525 Å². The summed E-state index contributed by atoms with van der Waals surface area (Å²) >= 11 is 5.61. The summed E-state index contributed by atoms with van der Waals surface area (Å²) < 4.78 is 12.1. The number of rotatable bonds is 2. The molecular formula is C82H87ClFNO2. The SMILES string of the molecule is Cc1ccc(-c2ccccc2)cc1.Cc1ccc(C(C)(C)C)cc1.Cc1ccc(C)cc1.Cc1ccc(Cl)cc1.Cc1ccc(F)cc1.Cc1ccc([N+](=O)[O-])cc1.Cc1ccc2ccccc2c1.Cc1cccc2ccccc12.Cc1ccccc1. The van der Waals surface area contributed by atoms with Gasteiger partial charge in [-0.1, -0.05) is 337 Å². The zero-order valence-corrected chi connectivity index (χ0v) is 54.0. The van der Waals surface area contributed by atoms with Gasteiger partial charge in [0.25, 0.3) is 5.69 Å². The van der Waals surface area contributed by atoms with Crippen molar-refractivity contribution in [3.8, 4) is 11.1 Å². The first-order valence-electron chi connectivity index (χ1n) is 29.4. The number of nitro groups is 1. The lowest BCUT2D eigenvalue weighted by atomic mass is 9.87. The molecule has 87 heavy (non-hydrogen) atoms. The third-order valence-electron chi connectivity index (χ3n) is 13.4. The average molecular weight is 1170 g/mol. The molecule has 3 nitrogen and oxygen atoms in total. The third kappa shape index (κ3) is 29.0. The molecule has 0 atom stereocenters. The number of hydrogen-bond donors (Lipinski definition) is 0. The number of fused-ring (bicyclic) bond motifs is 2. The Kier molecular flexibility index (Phi) is 30.7. The molecule has 0 unspecified atom stereocenters. The molecule has 0 radical (unpaired) electrons. The fourth-order valence-corrected chi connectivity index (χ4v) is 8.16. The molecular weight excluding hydrogens is 1090 g/mol. The molecule has 0 bridgehead atoms. The van der Waals surface area contributed by atoms with Crippen molar-refractivity contribution in [2.75, 3.05) is 0 Å². The van der Waals surface area contributed by atoms with Crippen LogP contribution in [-0.2, 0) is 5.41 Å². The minimum atomic E-state index is -0.403. The van der Waals surface area contributed by atoms with E-state index in [1.807, 2.05) is 69.3 Å². The molecule has 0 aliphatic carbocycles. The number of hydrogen-bond acceptors (Lipinski definition) is 2. The topological polar surface area (TPSA) is 43.1 Å². The van der Waals surface area contributed by atoms with Crippen molar-refractivity contribution in [2.45, 2.75) is 95.4 Å². The van der Waals surface area contributed by atoms with Crippen LogP contribution in [0.4, 0.5) is 10.1 Å². The maximum Gasteiger partial charge on any atom is 0.269 e. The van der Waals surface area contributed by atoms with Gasteiger partial charge in [-0.15, -0.1) is 0 Å². The molecule has 0 spiro atoms. The highest BCUT2D eigenvalue weighted by atomic mass is 35.5. The molecule has 0 aromatic heterocycles. The number of aryl methyl sites for hydroxylation is 10. The van der Waals surface area contributed by atoms with Crippen LogP contribution >= 0.6 is 11.6 Å². The highest BCUT2D eigenvalue weighted by Gasteiger charge is 2.12. The number of non-ortho nitro benzene ring substituents is 1. The first kappa shape index (κ1) is 70.3. The van der Waals surface area contributed by atoms with Crippen molar-refractivity contribution in [1.29, 1.82) is 0 Å². The Morgan fingerprint density at radius 3 is 1.10 bits per heavy atom. The van der Waals surface area contributed by atoms with Crippen molar-refractivity contribution >= 4 is 38.8 Å². The Morgan fingerprint density at radius 2 is 0.678 bits per heavy atom. The van der Waals surface area contributed by atoms with E-state index in [0.717, 1.165) is 16.1 Å². The van der Waals surface area contributed by atoms with Gasteiger partial charge in [0.1, 0.15) is 5.82 Å². The van der Waals surface area contributed by atoms with Crippen molar-refractivity contribution in [2.24, 2.45) is 0 Å². The highest BCUT2D eigenvalue weighted by Crippen LogP contribution is 2.23. The van der Waals surface area contributed by atoms with Crippen LogP contribution in [0.25, 0.3) is 32.7 Å². The molecule has 12 aromatic rings. The molecule has 0 amide bonds. The van der Waals surface area contributed by atoms with Crippen molar-refractivity contribution in [3.63, 3.8) is 0 Å². The van der Waals surface area contributed by atoms with Crippen LogP contribution < -0.4 is 0 Å². The molecule has 0 saturated carbocycles. The summed E-state index contributed by atoms with van der Waals surface area (Å²) in [7, 11) is 0. The first-order chi connectivity index (χ1) is 41.6. The second kappa shape index (κ2) is 38.0. The zero-order chi connectivity index (χ0) is 63.6. The van der Waals surface area contributed by atoms with Crippen LogP contribution in [0.1, 0.15) is 82.0 Å². The van der Waals surface area contributed by atoms with Gasteiger partial charge in [-0.25, -0.2) is 4.39 Å². The number of nitrogens with zero attached hydrogens (tertiary/aromatic N) is 1. The lowest BCUT2D eigenvalue weighted by Crippen LogP contribution is -2.10. The Bertz CT molecular complexity index is 3640. The summed E-state index contributed by atoms with van der Waals surface area (Å²) in [5, 5.41) is 16.2. The summed E-state index contributed by atoms with van der Waals surface area (Å²) in [6, 6.07) is 96.8. The predicted octanol–water partition coefficient (Wildman–Crippen LogP) is 24.2. The number of benzene rings is 12. The summed E-state index contributed by atoms with van der Waals surface area (Å²) in [6.07, 6.45) is 0. The summed E-state index contributed by atoms with van der Waals surface area (Å²) in [4.78, 5) is 9.71.